The van der Waals surface area contributed by atoms with Crippen LogP contribution >= 0.6 is 39.5 Å². The van der Waals surface area contributed by atoms with Gasteiger partial charge in [-0.1, -0.05) is 6.42 Å². The van der Waals surface area contributed by atoms with Crippen LogP contribution in [-0.2, 0) is 19.7 Å². The summed E-state index contributed by atoms with van der Waals surface area (Å²) in [6, 6.07) is 0. The third-order valence-corrected chi connectivity index (χ3v) is 2.14. The minimum atomic E-state index is -0.391. The SMILES string of the molecule is CC(C)(C)C(=O)ON1CCCCC1.[I][Zn][I]. The van der Waals surface area contributed by atoms with Crippen molar-refractivity contribution in [2.45, 2.75) is 40.0 Å². The van der Waals surface area contributed by atoms with Crippen LogP contribution in [0.5, 0.6) is 0 Å². The average Bonchev–Trinajstić information content (AvgIpc) is 2.19. The van der Waals surface area contributed by atoms with E-state index in [2.05, 4.69) is 39.5 Å². The van der Waals surface area contributed by atoms with Gasteiger partial charge >= 0.3 is 55.6 Å². The molecule has 1 aliphatic rings. The van der Waals surface area contributed by atoms with Crippen LogP contribution in [0.25, 0.3) is 0 Å². The molecule has 0 bridgehead atoms. The Bertz CT molecular complexity index is 203. The molecule has 0 spiro atoms. The number of hydroxylamine groups is 2. The number of carbonyl (C=O) groups excluding carboxylic acids is 1. The second-order valence-corrected chi connectivity index (χ2v) is 28.2. The molecule has 0 saturated carbocycles. The van der Waals surface area contributed by atoms with E-state index >= 15 is 0 Å². The van der Waals surface area contributed by atoms with Gasteiger partial charge in [-0.25, -0.2) is 4.79 Å². The van der Waals surface area contributed by atoms with E-state index in [0.29, 0.717) is 0 Å². The molecular formula is C10H19I2NO2Zn. The Morgan fingerprint density at radius 3 is 2.00 bits per heavy atom. The Hall–Kier alpha value is 1.51. The number of piperidine rings is 1. The van der Waals surface area contributed by atoms with E-state index in [4.69, 9.17) is 4.84 Å². The molecule has 1 saturated heterocycles. The maximum atomic E-state index is 11.5. The molecule has 0 unspecified atom stereocenters. The number of halogens is 2. The predicted molar refractivity (Wildman–Crippen MR) is 79.0 cm³/mol. The zero-order valence-electron chi connectivity index (χ0n) is 10.3. The topological polar surface area (TPSA) is 29.5 Å². The van der Waals surface area contributed by atoms with Crippen molar-refractivity contribution in [3.63, 3.8) is 0 Å². The fourth-order valence-electron chi connectivity index (χ4n) is 1.21. The summed E-state index contributed by atoms with van der Waals surface area (Å²) in [6.45, 7) is 7.40. The van der Waals surface area contributed by atoms with E-state index in [1.807, 2.05) is 20.8 Å². The van der Waals surface area contributed by atoms with Crippen molar-refractivity contribution in [1.82, 2.24) is 5.06 Å². The van der Waals surface area contributed by atoms with Crippen molar-refractivity contribution in [3.05, 3.63) is 0 Å². The van der Waals surface area contributed by atoms with Gasteiger partial charge in [-0.15, -0.1) is 5.06 Å². The van der Waals surface area contributed by atoms with Gasteiger partial charge in [0.1, 0.15) is 0 Å². The summed E-state index contributed by atoms with van der Waals surface area (Å²) in [4.78, 5) is 16.7. The summed E-state index contributed by atoms with van der Waals surface area (Å²) in [7, 11) is 0.0650. The van der Waals surface area contributed by atoms with E-state index in [9.17, 15) is 4.79 Å². The van der Waals surface area contributed by atoms with Crippen LogP contribution in [-0.4, -0.2) is 24.1 Å². The van der Waals surface area contributed by atoms with Crippen LogP contribution in [0.3, 0.4) is 0 Å². The Morgan fingerprint density at radius 1 is 1.19 bits per heavy atom. The molecule has 1 rings (SSSR count). The van der Waals surface area contributed by atoms with E-state index in [1.54, 1.807) is 5.06 Å². The van der Waals surface area contributed by atoms with E-state index < -0.39 is 5.41 Å². The van der Waals surface area contributed by atoms with Crippen LogP contribution < -0.4 is 0 Å². The summed E-state index contributed by atoms with van der Waals surface area (Å²) >= 11 is 4.93. The summed E-state index contributed by atoms with van der Waals surface area (Å²) in [6.07, 6.45) is 3.53. The fraction of sp³-hybridized carbons (Fsp3) is 0.900. The van der Waals surface area contributed by atoms with Crippen LogP contribution in [0.15, 0.2) is 0 Å². The molecule has 0 aliphatic carbocycles. The standard InChI is InChI=1S/C10H19NO2.2HI.Zn/c1-10(2,3)9(12)13-11-7-5-4-6-8-11;;;/h4-8H2,1-3H3;2*1H;/q;;;+2/p-2. The van der Waals surface area contributed by atoms with Crippen molar-refractivity contribution in [2.75, 3.05) is 13.1 Å². The van der Waals surface area contributed by atoms with Crippen LogP contribution in [0.2, 0.25) is 0 Å². The fourth-order valence-corrected chi connectivity index (χ4v) is 1.21. The molecule has 0 amide bonds. The molecule has 0 radical (unpaired) electrons. The number of rotatable bonds is 1. The van der Waals surface area contributed by atoms with Crippen molar-refractivity contribution < 1.29 is 19.7 Å². The van der Waals surface area contributed by atoms with Gasteiger partial charge in [-0.2, -0.15) is 0 Å². The normalized spacial score (nSPS) is 16.8. The zero-order chi connectivity index (χ0) is 12.6. The van der Waals surface area contributed by atoms with Crippen molar-refractivity contribution in [2.24, 2.45) is 5.41 Å². The second kappa shape index (κ2) is 9.44. The third-order valence-electron chi connectivity index (χ3n) is 2.14. The van der Waals surface area contributed by atoms with E-state index in [0.717, 1.165) is 25.9 Å². The molecule has 1 heterocycles. The molecule has 0 atom stereocenters. The van der Waals surface area contributed by atoms with Gasteiger partial charge < -0.3 is 4.84 Å². The molecule has 16 heavy (non-hydrogen) atoms. The molecule has 1 aliphatic heterocycles. The molecule has 0 aromatic rings. The van der Waals surface area contributed by atoms with Gasteiger partial charge in [0.05, 0.1) is 5.41 Å². The Balaban J connectivity index is 0.000000673. The van der Waals surface area contributed by atoms with Gasteiger partial charge in [0.2, 0.25) is 0 Å². The molecule has 0 N–H and O–H groups in total. The molecule has 1 fully saturated rings. The van der Waals surface area contributed by atoms with E-state index in [1.165, 1.54) is 6.42 Å². The van der Waals surface area contributed by atoms with Crippen LogP contribution in [0, 0.1) is 5.41 Å². The summed E-state index contributed by atoms with van der Waals surface area (Å²) < 4.78 is 0. The Morgan fingerprint density at radius 2 is 1.62 bits per heavy atom. The summed E-state index contributed by atoms with van der Waals surface area (Å²) in [5, 5.41) is 1.79. The Kier molecular flexibility index (Phi) is 10.3. The Labute approximate surface area is 127 Å². The van der Waals surface area contributed by atoms with Gasteiger partial charge in [0.15, 0.2) is 0 Å². The number of carbonyl (C=O) groups is 1. The first-order valence-corrected chi connectivity index (χ1v) is 23.6. The van der Waals surface area contributed by atoms with Crippen molar-refractivity contribution >= 4 is 45.5 Å². The van der Waals surface area contributed by atoms with Gasteiger partial charge in [0.25, 0.3) is 0 Å². The molecule has 3 nitrogen and oxygen atoms in total. The monoisotopic (exact) mass is 503 g/mol. The minimum absolute atomic E-state index is 0.0650. The average molecular weight is 504 g/mol. The first kappa shape index (κ1) is 17.5. The number of hydrogen-bond acceptors (Lipinski definition) is 3. The predicted octanol–water partition coefficient (Wildman–Crippen LogP) is 3.75. The maximum absolute atomic E-state index is 11.5. The number of nitrogens with zero attached hydrogens (tertiary/aromatic N) is 1. The molecule has 92 valence electrons. The van der Waals surface area contributed by atoms with Gasteiger partial charge in [-0.3, -0.25) is 0 Å². The van der Waals surface area contributed by atoms with Crippen molar-refractivity contribution in [3.8, 4) is 0 Å². The van der Waals surface area contributed by atoms with Gasteiger partial charge in [0, 0.05) is 13.1 Å². The third kappa shape index (κ3) is 8.58. The molecule has 0 aromatic carbocycles. The van der Waals surface area contributed by atoms with E-state index in [-0.39, 0.29) is 16.1 Å². The summed E-state index contributed by atoms with van der Waals surface area (Å²) in [5.74, 6) is -0.130. The van der Waals surface area contributed by atoms with Crippen LogP contribution in [0.4, 0.5) is 0 Å². The second-order valence-electron chi connectivity index (χ2n) is 4.72. The summed E-state index contributed by atoms with van der Waals surface area (Å²) in [5.41, 5.74) is -0.391. The number of hydrogen-bond donors (Lipinski definition) is 0. The molecule has 0 aromatic heterocycles. The van der Waals surface area contributed by atoms with Crippen LogP contribution in [0.1, 0.15) is 40.0 Å². The van der Waals surface area contributed by atoms with Gasteiger partial charge in [-0.05, 0) is 33.6 Å². The first-order valence-electron chi connectivity index (χ1n) is 5.51. The first-order chi connectivity index (χ1) is 7.41. The van der Waals surface area contributed by atoms with Crippen molar-refractivity contribution in [1.29, 1.82) is 0 Å². The quantitative estimate of drug-likeness (QED) is 0.403. The zero-order valence-corrected chi connectivity index (χ0v) is 17.5. The molecule has 6 heteroatoms. The molecular weight excluding hydrogens is 485 g/mol.